The maximum Gasteiger partial charge on any atom is 0.335 e. The highest BCUT2D eigenvalue weighted by Gasteiger charge is 2.23. The van der Waals surface area contributed by atoms with Gasteiger partial charge in [0.2, 0.25) is 5.91 Å². The van der Waals surface area contributed by atoms with E-state index in [1.807, 2.05) is 0 Å². The van der Waals surface area contributed by atoms with Gasteiger partial charge in [-0.25, -0.2) is 4.79 Å². The number of carboxylic acid groups (broad SMARTS) is 1. The Morgan fingerprint density at radius 1 is 1.44 bits per heavy atom. The van der Waals surface area contributed by atoms with Crippen LogP contribution in [0, 0.1) is 0 Å². The largest absolute Gasteiger partial charge is 0.478 e. The molecule has 1 aromatic carbocycles. The van der Waals surface area contributed by atoms with E-state index in [9.17, 15) is 9.59 Å². The van der Waals surface area contributed by atoms with Gasteiger partial charge in [0.05, 0.1) is 11.6 Å². The van der Waals surface area contributed by atoms with Crippen LogP contribution in [0.2, 0.25) is 0 Å². The Labute approximate surface area is 93.3 Å². The Morgan fingerprint density at radius 3 is 2.81 bits per heavy atom. The van der Waals surface area contributed by atoms with Crippen molar-refractivity contribution in [2.45, 2.75) is 25.8 Å². The van der Waals surface area contributed by atoms with Gasteiger partial charge in [-0.1, -0.05) is 6.07 Å². The van der Waals surface area contributed by atoms with E-state index < -0.39 is 5.97 Å². The van der Waals surface area contributed by atoms with Gasteiger partial charge in [0.25, 0.3) is 0 Å². The van der Waals surface area contributed by atoms with Gasteiger partial charge in [0.1, 0.15) is 0 Å². The van der Waals surface area contributed by atoms with E-state index in [0.29, 0.717) is 5.56 Å². The minimum atomic E-state index is -0.911. The summed E-state index contributed by atoms with van der Waals surface area (Å²) in [6.07, 6.45) is 1.67. The SMILES string of the molecule is CC(=O)NC1CCc2cc(C(=O)O)ccc21. The molecule has 2 N–H and O–H groups in total. The van der Waals surface area contributed by atoms with Crippen LogP contribution in [0.5, 0.6) is 0 Å². The summed E-state index contributed by atoms with van der Waals surface area (Å²) in [5.41, 5.74) is 2.38. The molecule has 16 heavy (non-hydrogen) atoms. The molecule has 1 aliphatic rings. The van der Waals surface area contributed by atoms with Crippen molar-refractivity contribution in [2.75, 3.05) is 0 Å². The quantitative estimate of drug-likeness (QED) is 0.792. The van der Waals surface area contributed by atoms with Gasteiger partial charge in [-0.3, -0.25) is 4.79 Å². The number of amides is 1. The monoisotopic (exact) mass is 219 g/mol. The van der Waals surface area contributed by atoms with Crippen LogP contribution < -0.4 is 5.32 Å². The summed E-state index contributed by atoms with van der Waals surface area (Å²) in [6.45, 7) is 1.49. The van der Waals surface area contributed by atoms with Crippen molar-refractivity contribution in [3.8, 4) is 0 Å². The number of rotatable bonds is 2. The van der Waals surface area contributed by atoms with Gasteiger partial charge in [-0.2, -0.15) is 0 Å². The van der Waals surface area contributed by atoms with Gasteiger partial charge in [0.15, 0.2) is 0 Å². The molecular formula is C12H13NO3. The van der Waals surface area contributed by atoms with Gasteiger partial charge in [-0.05, 0) is 36.1 Å². The molecule has 1 unspecified atom stereocenters. The Bertz CT molecular complexity index is 454. The highest BCUT2D eigenvalue weighted by Crippen LogP contribution is 2.31. The average Bonchev–Trinajstić information content (AvgIpc) is 2.60. The van der Waals surface area contributed by atoms with E-state index in [0.717, 1.165) is 24.0 Å². The van der Waals surface area contributed by atoms with E-state index in [1.165, 1.54) is 6.92 Å². The summed E-state index contributed by atoms with van der Waals surface area (Å²) in [5, 5.41) is 11.7. The van der Waals surface area contributed by atoms with Crippen LogP contribution in [0.3, 0.4) is 0 Å². The summed E-state index contributed by atoms with van der Waals surface area (Å²) in [7, 11) is 0. The minimum Gasteiger partial charge on any atom is -0.478 e. The third kappa shape index (κ3) is 1.91. The predicted molar refractivity (Wildman–Crippen MR) is 58.3 cm³/mol. The molecule has 0 aromatic heterocycles. The molecule has 0 spiro atoms. The maximum absolute atomic E-state index is 11.0. The van der Waals surface area contributed by atoms with Crippen molar-refractivity contribution in [1.82, 2.24) is 5.32 Å². The maximum atomic E-state index is 11.0. The van der Waals surface area contributed by atoms with E-state index in [-0.39, 0.29) is 11.9 Å². The van der Waals surface area contributed by atoms with Gasteiger partial charge in [0, 0.05) is 6.92 Å². The first-order chi connectivity index (χ1) is 7.58. The van der Waals surface area contributed by atoms with Gasteiger partial charge < -0.3 is 10.4 Å². The molecule has 0 heterocycles. The Kier molecular flexibility index (Phi) is 2.64. The van der Waals surface area contributed by atoms with Crippen LogP contribution in [-0.4, -0.2) is 17.0 Å². The van der Waals surface area contributed by atoms with E-state index >= 15 is 0 Å². The molecule has 2 rings (SSSR count). The summed E-state index contributed by atoms with van der Waals surface area (Å²) in [5.74, 6) is -0.967. The third-order valence-electron chi connectivity index (χ3n) is 2.85. The van der Waals surface area contributed by atoms with Crippen molar-refractivity contribution >= 4 is 11.9 Å². The van der Waals surface area contributed by atoms with Crippen LogP contribution in [0.4, 0.5) is 0 Å². The number of nitrogens with one attached hydrogen (secondary N) is 1. The Morgan fingerprint density at radius 2 is 2.19 bits per heavy atom. The lowest BCUT2D eigenvalue weighted by Crippen LogP contribution is -2.24. The highest BCUT2D eigenvalue weighted by atomic mass is 16.4. The van der Waals surface area contributed by atoms with Crippen LogP contribution in [0.25, 0.3) is 0 Å². The number of carbonyl (C=O) groups is 2. The minimum absolute atomic E-state index is 0.0374. The topological polar surface area (TPSA) is 66.4 Å². The number of hydrogen-bond donors (Lipinski definition) is 2. The lowest BCUT2D eigenvalue weighted by Gasteiger charge is -2.12. The Balaban J connectivity index is 2.28. The van der Waals surface area contributed by atoms with Crippen LogP contribution in [0.15, 0.2) is 18.2 Å². The van der Waals surface area contributed by atoms with Crippen molar-refractivity contribution in [3.05, 3.63) is 34.9 Å². The summed E-state index contributed by atoms with van der Waals surface area (Å²) < 4.78 is 0. The molecule has 1 aliphatic carbocycles. The fourth-order valence-electron chi connectivity index (χ4n) is 2.15. The summed E-state index contributed by atoms with van der Waals surface area (Å²) in [6, 6.07) is 5.11. The van der Waals surface area contributed by atoms with E-state index in [4.69, 9.17) is 5.11 Å². The second kappa shape index (κ2) is 3.96. The standard InChI is InChI=1S/C12H13NO3/c1-7(14)13-11-5-3-8-6-9(12(15)16)2-4-10(8)11/h2,4,6,11H,3,5H2,1H3,(H,13,14)(H,15,16). The zero-order valence-electron chi connectivity index (χ0n) is 8.99. The number of aryl methyl sites for hydroxylation is 1. The molecule has 1 atom stereocenters. The Hall–Kier alpha value is -1.84. The normalized spacial score (nSPS) is 17.9. The average molecular weight is 219 g/mol. The zero-order valence-corrected chi connectivity index (χ0v) is 8.99. The number of fused-ring (bicyclic) bond motifs is 1. The van der Waals surface area contributed by atoms with E-state index in [1.54, 1.807) is 18.2 Å². The molecule has 1 amide bonds. The molecule has 0 radical (unpaired) electrons. The lowest BCUT2D eigenvalue weighted by molar-refractivity contribution is -0.119. The van der Waals surface area contributed by atoms with Crippen molar-refractivity contribution in [2.24, 2.45) is 0 Å². The molecule has 84 valence electrons. The molecule has 0 saturated heterocycles. The van der Waals surface area contributed by atoms with E-state index in [2.05, 4.69) is 5.32 Å². The fourth-order valence-corrected chi connectivity index (χ4v) is 2.15. The molecule has 0 saturated carbocycles. The molecule has 1 aromatic rings. The molecule has 4 heteroatoms. The highest BCUT2D eigenvalue weighted by molar-refractivity contribution is 5.88. The zero-order chi connectivity index (χ0) is 11.7. The molecular weight excluding hydrogens is 206 g/mol. The van der Waals surface area contributed by atoms with Crippen molar-refractivity contribution in [3.63, 3.8) is 0 Å². The lowest BCUT2D eigenvalue weighted by atomic mass is 10.0. The number of aromatic carboxylic acids is 1. The molecule has 0 bridgehead atoms. The second-order valence-corrected chi connectivity index (χ2v) is 4.01. The molecule has 4 nitrogen and oxygen atoms in total. The first kappa shape index (κ1) is 10.7. The van der Waals surface area contributed by atoms with Gasteiger partial charge >= 0.3 is 5.97 Å². The molecule has 0 aliphatic heterocycles. The fraction of sp³-hybridized carbons (Fsp3) is 0.333. The summed E-state index contributed by atoms with van der Waals surface area (Å²) in [4.78, 5) is 21.8. The van der Waals surface area contributed by atoms with Crippen molar-refractivity contribution < 1.29 is 14.7 Å². The number of carboxylic acids is 1. The number of hydrogen-bond acceptors (Lipinski definition) is 2. The van der Waals surface area contributed by atoms with Gasteiger partial charge in [-0.15, -0.1) is 0 Å². The van der Waals surface area contributed by atoms with Crippen LogP contribution in [0.1, 0.15) is 40.9 Å². The molecule has 0 fully saturated rings. The number of carbonyl (C=O) groups excluding carboxylic acids is 1. The number of benzene rings is 1. The van der Waals surface area contributed by atoms with Crippen molar-refractivity contribution in [1.29, 1.82) is 0 Å². The third-order valence-corrected chi connectivity index (χ3v) is 2.85. The first-order valence-electron chi connectivity index (χ1n) is 5.21. The summed E-state index contributed by atoms with van der Waals surface area (Å²) >= 11 is 0. The van der Waals surface area contributed by atoms with Crippen LogP contribution in [-0.2, 0) is 11.2 Å². The smallest absolute Gasteiger partial charge is 0.335 e. The first-order valence-corrected chi connectivity index (χ1v) is 5.21. The second-order valence-electron chi connectivity index (χ2n) is 4.01. The predicted octanol–water partition coefficient (Wildman–Crippen LogP) is 1.51. The van der Waals surface area contributed by atoms with Crippen LogP contribution >= 0.6 is 0 Å².